The number of nitrogens with two attached hydrogens (primary N) is 1. The second-order valence-corrected chi connectivity index (χ2v) is 3.88. The molecule has 0 spiro atoms. The molecule has 3 heteroatoms. The first kappa shape index (κ1) is 10.2. The van der Waals surface area contributed by atoms with Crippen molar-refractivity contribution >= 4 is 10.9 Å². The van der Waals surface area contributed by atoms with Crippen LogP contribution in [0.4, 0.5) is 0 Å². The minimum atomic E-state index is -0.448. The van der Waals surface area contributed by atoms with Crippen molar-refractivity contribution in [3.63, 3.8) is 0 Å². The highest BCUT2D eigenvalue weighted by Gasteiger charge is 2.09. The molecule has 15 heavy (non-hydrogen) atoms. The van der Waals surface area contributed by atoms with Gasteiger partial charge in [-0.2, -0.15) is 0 Å². The highest BCUT2D eigenvalue weighted by atomic mass is 16.3. The number of nitrogens with zero attached hydrogens (tertiary/aromatic N) is 1. The second kappa shape index (κ2) is 4.04. The van der Waals surface area contributed by atoms with E-state index >= 15 is 0 Å². The van der Waals surface area contributed by atoms with Crippen LogP contribution in [0.5, 0.6) is 0 Å². The highest BCUT2D eigenvalue weighted by molar-refractivity contribution is 5.83. The van der Waals surface area contributed by atoms with Gasteiger partial charge in [-0.1, -0.05) is 18.2 Å². The number of aromatic nitrogens is 1. The Morgan fingerprint density at radius 1 is 1.40 bits per heavy atom. The lowest BCUT2D eigenvalue weighted by molar-refractivity contribution is 0.183. The fourth-order valence-electron chi connectivity index (χ4n) is 1.93. The molecule has 2 rings (SSSR count). The molecule has 1 heterocycles. The first-order valence-electron chi connectivity index (χ1n) is 5.13. The van der Waals surface area contributed by atoms with Gasteiger partial charge in [0, 0.05) is 37.1 Å². The summed E-state index contributed by atoms with van der Waals surface area (Å²) in [6.45, 7) is 0.309. The Kier molecular flexibility index (Phi) is 2.75. The quantitative estimate of drug-likeness (QED) is 0.785. The van der Waals surface area contributed by atoms with Crippen LogP contribution in [0, 0.1) is 0 Å². The zero-order chi connectivity index (χ0) is 10.8. The van der Waals surface area contributed by atoms with Crippen LogP contribution in [0.1, 0.15) is 5.56 Å². The van der Waals surface area contributed by atoms with Crippen LogP contribution in [0.2, 0.25) is 0 Å². The van der Waals surface area contributed by atoms with Crippen LogP contribution < -0.4 is 5.73 Å². The first-order valence-corrected chi connectivity index (χ1v) is 5.13. The van der Waals surface area contributed by atoms with E-state index < -0.39 is 6.10 Å². The maximum absolute atomic E-state index is 9.55. The third kappa shape index (κ3) is 1.89. The maximum atomic E-state index is 9.55. The molecule has 0 aliphatic rings. The Bertz CT molecular complexity index is 462. The number of hydrogen-bond acceptors (Lipinski definition) is 2. The summed E-state index contributed by atoms with van der Waals surface area (Å²) in [5, 5.41) is 10.7. The van der Waals surface area contributed by atoms with E-state index in [9.17, 15) is 5.11 Å². The van der Waals surface area contributed by atoms with Gasteiger partial charge in [-0.15, -0.1) is 0 Å². The number of rotatable bonds is 3. The summed E-state index contributed by atoms with van der Waals surface area (Å²) in [5.41, 5.74) is 7.76. The van der Waals surface area contributed by atoms with Crippen LogP contribution in [0.15, 0.2) is 30.5 Å². The van der Waals surface area contributed by atoms with E-state index in [1.54, 1.807) is 0 Å². The van der Waals surface area contributed by atoms with Crippen LogP contribution in [0.25, 0.3) is 10.9 Å². The van der Waals surface area contributed by atoms with Crippen LogP contribution in [-0.4, -0.2) is 22.3 Å². The number of fused-ring (bicyclic) bond motifs is 1. The number of aliphatic hydroxyl groups excluding tert-OH is 1. The Balaban J connectivity index is 2.43. The number of hydrogen-bond donors (Lipinski definition) is 2. The largest absolute Gasteiger partial charge is 0.391 e. The molecule has 2 aromatic rings. The molecule has 0 amide bonds. The smallest absolute Gasteiger partial charge is 0.0703 e. The number of para-hydroxylation sites is 1. The highest BCUT2D eigenvalue weighted by Crippen LogP contribution is 2.21. The van der Waals surface area contributed by atoms with E-state index in [-0.39, 0.29) is 0 Å². The van der Waals surface area contributed by atoms with Crippen molar-refractivity contribution in [3.8, 4) is 0 Å². The summed E-state index contributed by atoms with van der Waals surface area (Å²) in [7, 11) is 2.01. The molecule has 0 fully saturated rings. The van der Waals surface area contributed by atoms with Crippen molar-refractivity contribution in [2.45, 2.75) is 12.5 Å². The monoisotopic (exact) mass is 204 g/mol. The lowest BCUT2D eigenvalue weighted by Gasteiger charge is -2.05. The average Bonchev–Trinajstić information content (AvgIpc) is 2.57. The average molecular weight is 204 g/mol. The topological polar surface area (TPSA) is 51.2 Å². The predicted molar refractivity (Wildman–Crippen MR) is 61.7 cm³/mol. The van der Waals surface area contributed by atoms with Crippen LogP contribution >= 0.6 is 0 Å². The van der Waals surface area contributed by atoms with Gasteiger partial charge >= 0.3 is 0 Å². The minimum absolute atomic E-state index is 0.309. The van der Waals surface area contributed by atoms with Crippen molar-refractivity contribution < 1.29 is 5.11 Å². The molecule has 1 aromatic heterocycles. The number of benzene rings is 1. The zero-order valence-corrected chi connectivity index (χ0v) is 8.85. The fourth-order valence-corrected chi connectivity index (χ4v) is 1.93. The van der Waals surface area contributed by atoms with E-state index in [1.807, 2.05) is 19.2 Å². The standard InChI is InChI=1S/C12H16N2O/c1-14-8-9(6-10(15)7-13)11-4-2-3-5-12(11)14/h2-5,8,10,15H,6-7,13H2,1H3. The molecular formula is C12H16N2O. The number of aryl methyl sites for hydroxylation is 1. The van der Waals surface area contributed by atoms with E-state index in [4.69, 9.17) is 5.73 Å². The molecule has 80 valence electrons. The minimum Gasteiger partial charge on any atom is -0.391 e. The molecule has 0 saturated carbocycles. The zero-order valence-electron chi connectivity index (χ0n) is 8.85. The third-order valence-corrected chi connectivity index (χ3v) is 2.71. The Labute approximate surface area is 89.1 Å². The van der Waals surface area contributed by atoms with Gasteiger partial charge in [-0.25, -0.2) is 0 Å². The summed E-state index contributed by atoms with van der Waals surface area (Å²) in [6.07, 6.45) is 2.23. The predicted octanol–water partition coefficient (Wildman–Crippen LogP) is 1.04. The molecule has 0 radical (unpaired) electrons. The normalized spacial score (nSPS) is 13.3. The second-order valence-electron chi connectivity index (χ2n) is 3.88. The molecule has 0 aliphatic heterocycles. The van der Waals surface area contributed by atoms with E-state index in [0.29, 0.717) is 13.0 Å². The van der Waals surface area contributed by atoms with Crippen molar-refractivity contribution in [3.05, 3.63) is 36.0 Å². The van der Waals surface area contributed by atoms with Crippen LogP contribution in [0.3, 0.4) is 0 Å². The van der Waals surface area contributed by atoms with E-state index in [0.717, 1.165) is 5.56 Å². The summed E-state index contributed by atoms with van der Waals surface area (Å²) in [5.74, 6) is 0. The van der Waals surface area contributed by atoms with Crippen molar-refractivity contribution in [1.29, 1.82) is 0 Å². The summed E-state index contributed by atoms with van der Waals surface area (Å²) < 4.78 is 2.08. The molecule has 0 saturated heterocycles. The fraction of sp³-hybridized carbons (Fsp3) is 0.333. The van der Waals surface area contributed by atoms with Crippen LogP contribution in [-0.2, 0) is 13.5 Å². The van der Waals surface area contributed by atoms with E-state index in [2.05, 4.69) is 22.9 Å². The Hall–Kier alpha value is -1.32. The summed E-state index contributed by atoms with van der Waals surface area (Å²) in [4.78, 5) is 0. The first-order chi connectivity index (χ1) is 7.22. The summed E-state index contributed by atoms with van der Waals surface area (Å²) >= 11 is 0. The molecule has 3 nitrogen and oxygen atoms in total. The van der Waals surface area contributed by atoms with Crippen molar-refractivity contribution in [1.82, 2.24) is 4.57 Å². The molecule has 1 aromatic carbocycles. The van der Waals surface area contributed by atoms with Gasteiger partial charge in [0.1, 0.15) is 0 Å². The lowest BCUT2D eigenvalue weighted by Crippen LogP contribution is -2.21. The summed E-state index contributed by atoms with van der Waals surface area (Å²) in [6, 6.07) is 8.19. The van der Waals surface area contributed by atoms with Gasteiger partial charge in [0.2, 0.25) is 0 Å². The molecule has 0 aliphatic carbocycles. The Morgan fingerprint density at radius 2 is 2.13 bits per heavy atom. The molecule has 1 unspecified atom stereocenters. The molecule has 1 atom stereocenters. The van der Waals surface area contributed by atoms with Gasteiger partial charge in [0.05, 0.1) is 6.10 Å². The Morgan fingerprint density at radius 3 is 2.87 bits per heavy atom. The van der Waals surface area contributed by atoms with Gasteiger partial charge in [-0.3, -0.25) is 0 Å². The van der Waals surface area contributed by atoms with Gasteiger partial charge in [-0.05, 0) is 11.6 Å². The SMILES string of the molecule is Cn1cc(CC(O)CN)c2ccccc21. The molecule has 0 bridgehead atoms. The van der Waals surface area contributed by atoms with Gasteiger partial charge in [0.15, 0.2) is 0 Å². The lowest BCUT2D eigenvalue weighted by atomic mass is 10.1. The van der Waals surface area contributed by atoms with Gasteiger partial charge < -0.3 is 15.4 Å². The molecular weight excluding hydrogens is 188 g/mol. The van der Waals surface area contributed by atoms with Crippen molar-refractivity contribution in [2.24, 2.45) is 12.8 Å². The maximum Gasteiger partial charge on any atom is 0.0703 e. The van der Waals surface area contributed by atoms with E-state index in [1.165, 1.54) is 10.9 Å². The number of aliphatic hydroxyl groups is 1. The van der Waals surface area contributed by atoms with Crippen molar-refractivity contribution in [2.75, 3.05) is 6.54 Å². The molecule has 3 N–H and O–H groups in total. The van der Waals surface area contributed by atoms with Gasteiger partial charge in [0.25, 0.3) is 0 Å². The third-order valence-electron chi connectivity index (χ3n) is 2.71.